The number of ether oxygens (including phenoxy) is 1. The topological polar surface area (TPSA) is 109 Å². The van der Waals surface area contributed by atoms with Crippen molar-refractivity contribution in [2.24, 2.45) is 0 Å². The van der Waals surface area contributed by atoms with Crippen molar-refractivity contribution in [3.05, 3.63) is 52.0 Å². The van der Waals surface area contributed by atoms with Gasteiger partial charge in [0, 0.05) is 36.8 Å². The molecule has 1 saturated heterocycles. The van der Waals surface area contributed by atoms with Gasteiger partial charge in [-0.3, -0.25) is 10.1 Å². The smallest absolute Gasteiger partial charge is 0.409 e. The summed E-state index contributed by atoms with van der Waals surface area (Å²) in [4.78, 5) is 30.3. The van der Waals surface area contributed by atoms with Crippen molar-refractivity contribution in [1.29, 1.82) is 0 Å². The minimum atomic E-state index is -3.77. The fraction of sp³-hybridized carbons (Fsp3) is 0.286. The first kappa shape index (κ1) is 24.7. The van der Waals surface area contributed by atoms with Gasteiger partial charge in [-0.2, -0.15) is 4.31 Å². The van der Waals surface area contributed by atoms with Crippen LogP contribution in [0.25, 0.3) is 10.2 Å². The quantitative estimate of drug-likeness (QED) is 0.514. The van der Waals surface area contributed by atoms with Gasteiger partial charge in [0.25, 0.3) is 5.91 Å². The number of piperazine rings is 1. The molecule has 2 heterocycles. The van der Waals surface area contributed by atoms with E-state index >= 15 is 0 Å². The lowest BCUT2D eigenvalue weighted by atomic mass is 10.2. The lowest BCUT2D eigenvalue weighted by Gasteiger charge is -2.33. The molecule has 0 spiro atoms. The average molecular weight is 543 g/mol. The molecule has 1 aromatic heterocycles. The molecule has 1 aliphatic rings. The van der Waals surface area contributed by atoms with Crippen LogP contribution in [0.1, 0.15) is 17.3 Å². The van der Waals surface area contributed by atoms with E-state index in [0.717, 1.165) is 4.70 Å². The maximum Gasteiger partial charge on any atom is 0.409 e. The zero-order valence-electron chi connectivity index (χ0n) is 18.0. The largest absolute Gasteiger partial charge is 0.450 e. The zero-order valence-corrected chi connectivity index (χ0v) is 21.1. The Labute approximate surface area is 210 Å². The van der Waals surface area contributed by atoms with Gasteiger partial charge in [0.05, 0.1) is 21.2 Å². The van der Waals surface area contributed by atoms with Crippen LogP contribution >= 0.6 is 34.5 Å². The van der Waals surface area contributed by atoms with E-state index in [0.29, 0.717) is 20.7 Å². The van der Waals surface area contributed by atoms with Crippen LogP contribution in [0.3, 0.4) is 0 Å². The van der Waals surface area contributed by atoms with Gasteiger partial charge in [-0.15, -0.1) is 0 Å². The molecule has 9 nitrogen and oxygen atoms in total. The van der Waals surface area contributed by atoms with E-state index in [1.165, 1.54) is 44.8 Å². The van der Waals surface area contributed by atoms with Gasteiger partial charge < -0.3 is 9.64 Å². The Hall–Kier alpha value is -2.44. The Bertz CT molecular complexity index is 1340. The maximum absolute atomic E-state index is 13.0. The molecule has 0 unspecified atom stereocenters. The molecule has 13 heteroatoms. The van der Waals surface area contributed by atoms with Crippen molar-refractivity contribution in [1.82, 2.24) is 14.2 Å². The second-order valence-corrected chi connectivity index (χ2v) is 11.1. The molecule has 1 fully saturated rings. The van der Waals surface area contributed by atoms with Crippen LogP contribution in [0.2, 0.25) is 10.0 Å². The standard InChI is InChI=1S/C21H20Cl2N4O5S2/c1-2-32-21(29)26-7-9-27(10-8-26)34(30,31)15-5-3-13(4-6-15)19(28)25-20-24-18-16(23)11-14(22)12-17(18)33-20/h3-6,11-12H,2,7-10H2,1H3,(H,24,25,28). The summed E-state index contributed by atoms with van der Waals surface area (Å²) >= 11 is 13.4. The average Bonchev–Trinajstić information content (AvgIpc) is 3.22. The Balaban J connectivity index is 1.43. The molecular weight excluding hydrogens is 523 g/mol. The predicted octanol–water partition coefficient (Wildman–Crippen LogP) is 4.32. The highest BCUT2D eigenvalue weighted by molar-refractivity contribution is 7.89. The lowest BCUT2D eigenvalue weighted by Crippen LogP contribution is -2.50. The zero-order chi connectivity index (χ0) is 24.5. The molecule has 0 aliphatic carbocycles. The van der Waals surface area contributed by atoms with E-state index in [4.69, 9.17) is 27.9 Å². The van der Waals surface area contributed by atoms with E-state index in [2.05, 4.69) is 10.3 Å². The number of anilines is 1. The number of sulfonamides is 1. The van der Waals surface area contributed by atoms with E-state index in [9.17, 15) is 18.0 Å². The number of nitrogens with one attached hydrogen (secondary N) is 1. The molecule has 2 amide bonds. The second kappa shape index (κ2) is 10.0. The van der Waals surface area contributed by atoms with Gasteiger partial charge >= 0.3 is 6.09 Å². The van der Waals surface area contributed by atoms with E-state index in [-0.39, 0.29) is 43.2 Å². The van der Waals surface area contributed by atoms with Crippen LogP contribution in [0.5, 0.6) is 0 Å². The number of fused-ring (bicyclic) bond motifs is 1. The third-order valence-electron chi connectivity index (χ3n) is 5.15. The minimum Gasteiger partial charge on any atom is -0.450 e. The SMILES string of the molecule is CCOC(=O)N1CCN(S(=O)(=O)c2ccc(C(=O)Nc3nc4c(Cl)cc(Cl)cc4s3)cc2)CC1. The summed E-state index contributed by atoms with van der Waals surface area (Å²) in [5.74, 6) is -0.437. The first-order valence-electron chi connectivity index (χ1n) is 10.3. The third-order valence-corrected chi connectivity index (χ3v) is 8.49. The molecule has 3 aromatic rings. The highest BCUT2D eigenvalue weighted by Gasteiger charge is 2.30. The van der Waals surface area contributed by atoms with E-state index in [1.54, 1.807) is 19.1 Å². The van der Waals surface area contributed by atoms with Crippen LogP contribution < -0.4 is 5.32 Å². The van der Waals surface area contributed by atoms with Crippen molar-refractivity contribution in [3.8, 4) is 0 Å². The summed E-state index contributed by atoms with van der Waals surface area (Å²) in [5, 5.41) is 3.90. The number of hydrogen-bond donors (Lipinski definition) is 1. The van der Waals surface area contributed by atoms with Gasteiger partial charge in [-0.1, -0.05) is 34.5 Å². The van der Waals surface area contributed by atoms with Crippen LogP contribution in [0.4, 0.5) is 9.93 Å². The molecule has 180 valence electrons. The fourth-order valence-electron chi connectivity index (χ4n) is 3.43. The highest BCUT2D eigenvalue weighted by Crippen LogP contribution is 2.34. The summed E-state index contributed by atoms with van der Waals surface area (Å²) in [5.41, 5.74) is 0.810. The number of benzene rings is 2. The van der Waals surface area contributed by atoms with Gasteiger partial charge in [0.2, 0.25) is 10.0 Å². The number of halogens is 2. The van der Waals surface area contributed by atoms with Crippen molar-refractivity contribution >= 4 is 71.9 Å². The Morgan fingerprint density at radius 3 is 2.44 bits per heavy atom. The first-order valence-corrected chi connectivity index (χ1v) is 13.3. The number of nitrogens with zero attached hydrogens (tertiary/aromatic N) is 3. The van der Waals surface area contributed by atoms with Gasteiger partial charge in [0.15, 0.2) is 5.13 Å². The number of thiazole rings is 1. The van der Waals surface area contributed by atoms with Crippen molar-refractivity contribution in [2.45, 2.75) is 11.8 Å². The van der Waals surface area contributed by atoms with Gasteiger partial charge in [-0.25, -0.2) is 18.2 Å². The third kappa shape index (κ3) is 5.13. The summed E-state index contributed by atoms with van der Waals surface area (Å²) in [7, 11) is -3.77. The van der Waals surface area contributed by atoms with Crippen LogP contribution in [-0.4, -0.2) is 67.4 Å². The monoisotopic (exact) mass is 542 g/mol. The van der Waals surface area contributed by atoms with Crippen molar-refractivity contribution < 1.29 is 22.7 Å². The number of carbonyl (C=O) groups excluding carboxylic acids is 2. The summed E-state index contributed by atoms with van der Waals surface area (Å²) in [6.45, 7) is 2.79. The normalized spacial score (nSPS) is 14.9. The van der Waals surface area contributed by atoms with E-state index in [1.807, 2.05) is 0 Å². The van der Waals surface area contributed by atoms with Crippen molar-refractivity contribution in [2.75, 3.05) is 38.1 Å². The molecule has 1 N–H and O–H groups in total. The molecular formula is C21H20Cl2N4O5S2. The highest BCUT2D eigenvalue weighted by atomic mass is 35.5. The lowest BCUT2D eigenvalue weighted by molar-refractivity contribution is 0.0933. The van der Waals surface area contributed by atoms with Crippen molar-refractivity contribution in [3.63, 3.8) is 0 Å². The van der Waals surface area contributed by atoms with Gasteiger partial charge in [0.1, 0.15) is 5.52 Å². The molecule has 4 rings (SSSR count). The molecule has 1 aliphatic heterocycles. The number of amides is 2. The number of rotatable bonds is 5. The summed E-state index contributed by atoms with van der Waals surface area (Å²) in [6.07, 6.45) is -0.451. The fourth-order valence-corrected chi connectivity index (χ4v) is 6.44. The van der Waals surface area contributed by atoms with E-state index < -0.39 is 22.0 Å². The Morgan fingerprint density at radius 1 is 1.12 bits per heavy atom. The number of carbonyl (C=O) groups is 2. The molecule has 0 atom stereocenters. The molecule has 2 aromatic carbocycles. The maximum atomic E-state index is 13.0. The second-order valence-electron chi connectivity index (χ2n) is 7.32. The first-order chi connectivity index (χ1) is 16.2. The minimum absolute atomic E-state index is 0.0649. The van der Waals surface area contributed by atoms with Crippen LogP contribution in [0, 0.1) is 0 Å². The number of aromatic nitrogens is 1. The molecule has 0 saturated carbocycles. The van der Waals surface area contributed by atoms with Gasteiger partial charge in [-0.05, 0) is 43.3 Å². The number of hydrogen-bond acceptors (Lipinski definition) is 7. The summed E-state index contributed by atoms with van der Waals surface area (Å²) < 4.78 is 33.0. The Kier molecular flexibility index (Phi) is 7.29. The Morgan fingerprint density at radius 2 is 1.79 bits per heavy atom. The molecule has 0 bridgehead atoms. The predicted molar refractivity (Wildman–Crippen MR) is 131 cm³/mol. The molecule has 0 radical (unpaired) electrons. The van der Waals surface area contributed by atoms with Crippen LogP contribution in [-0.2, 0) is 14.8 Å². The summed E-state index contributed by atoms with van der Waals surface area (Å²) in [6, 6.07) is 8.94. The molecule has 34 heavy (non-hydrogen) atoms. The van der Waals surface area contributed by atoms with Crippen LogP contribution in [0.15, 0.2) is 41.3 Å².